The first-order valence-corrected chi connectivity index (χ1v) is 4.21. The third kappa shape index (κ3) is 4.85. The maximum Gasteiger partial charge on any atom is 0.192 e. The summed E-state index contributed by atoms with van der Waals surface area (Å²) in [7, 11) is 0. The summed E-state index contributed by atoms with van der Waals surface area (Å²) in [6.45, 7) is 6.21. The van der Waals surface area contributed by atoms with Crippen molar-refractivity contribution in [3.05, 3.63) is 23.5 Å². The molecule has 0 saturated heterocycles. The average molecular weight is 252 g/mol. The van der Waals surface area contributed by atoms with Gasteiger partial charge >= 0.3 is 0 Å². The van der Waals surface area contributed by atoms with Gasteiger partial charge in [-0.25, -0.2) is 0 Å². The predicted molar refractivity (Wildman–Crippen MR) is 52.9 cm³/mol. The van der Waals surface area contributed by atoms with Gasteiger partial charge in [0.1, 0.15) is 5.76 Å². The Kier molecular flexibility index (Phi) is 5.78. The minimum atomic E-state index is 0.951. The van der Waals surface area contributed by atoms with Gasteiger partial charge in [0.2, 0.25) is 0 Å². The monoisotopic (exact) mass is 252 g/mol. The van der Waals surface area contributed by atoms with Crippen molar-refractivity contribution in [2.24, 2.45) is 0 Å². The van der Waals surface area contributed by atoms with E-state index in [1.807, 2.05) is 29.1 Å². The fraction of sp³-hybridized carbons (Fsp3) is 0.500. The SMILES string of the molecule is CC/C(=C\C=C(C)C)OI. The van der Waals surface area contributed by atoms with Crippen LogP contribution < -0.4 is 0 Å². The molecule has 0 spiro atoms. The number of halogens is 1. The lowest BCUT2D eigenvalue weighted by Gasteiger charge is -1.96. The molecule has 0 unspecified atom stereocenters. The predicted octanol–water partition coefficient (Wildman–Crippen LogP) is 3.61. The second-order valence-electron chi connectivity index (χ2n) is 2.31. The number of hydrogen-bond acceptors (Lipinski definition) is 1. The van der Waals surface area contributed by atoms with Crippen LogP contribution in [0.5, 0.6) is 0 Å². The Morgan fingerprint density at radius 1 is 1.40 bits per heavy atom. The van der Waals surface area contributed by atoms with Gasteiger partial charge in [0.25, 0.3) is 0 Å². The second-order valence-corrected chi connectivity index (χ2v) is 2.75. The molecule has 2 heteroatoms. The highest BCUT2D eigenvalue weighted by molar-refractivity contribution is 14.1. The van der Waals surface area contributed by atoms with Crippen molar-refractivity contribution in [3.8, 4) is 0 Å². The Balaban J connectivity index is 3.99. The molecule has 0 aromatic carbocycles. The van der Waals surface area contributed by atoms with E-state index in [9.17, 15) is 0 Å². The molecule has 0 aromatic heterocycles. The van der Waals surface area contributed by atoms with Crippen LogP contribution in [0.1, 0.15) is 27.2 Å². The summed E-state index contributed by atoms with van der Waals surface area (Å²) in [5.74, 6) is 1.02. The Hall–Kier alpha value is 0.0100. The van der Waals surface area contributed by atoms with Gasteiger partial charge in [0.05, 0.1) is 0 Å². The summed E-state index contributed by atoms with van der Waals surface area (Å²) >= 11 is 1.90. The molecule has 58 valence electrons. The van der Waals surface area contributed by atoms with Crippen molar-refractivity contribution in [1.82, 2.24) is 0 Å². The molecule has 0 amide bonds. The van der Waals surface area contributed by atoms with Crippen molar-refractivity contribution in [2.75, 3.05) is 0 Å². The largest absolute Gasteiger partial charge is 0.432 e. The maximum absolute atomic E-state index is 5.04. The molecular formula is C8H13IO. The second kappa shape index (κ2) is 5.77. The Morgan fingerprint density at radius 2 is 2.00 bits per heavy atom. The molecule has 0 atom stereocenters. The molecule has 0 aromatic rings. The fourth-order valence-corrected chi connectivity index (χ4v) is 0.916. The van der Waals surface area contributed by atoms with Gasteiger partial charge in [-0.3, -0.25) is 0 Å². The zero-order valence-corrected chi connectivity index (χ0v) is 8.81. The van der Waals surface area contributed by atoms with Crippen LogP contribution >= 0.6 is 23.0 Å². The standard InChI is InChI=1S/C8H13IO/c1-4-8(10-9)6-5-7(2)3/h5-6H,4H2,1-3H3/b8-6+. The van der Waals surface area contributed by atoms with Crippen LogP contribution in [-0.4, -0.2) is 0 Å². The van der Waals surface area contributed by atoms with Crippen LogP contribution in [0.4, 0.5) is 0 Å². The summed E-state index contributed by atoms with van der Waals surface area (Å²) in [5, 5.41) is 0. The van der Waals surface area contributed by atoms with Gasteiger partial charge in [-0.2, -0.15) is 0 Å². The minimum Gasteiger partial charge on any atom is -0.432 e. The first-order valence-electron chi connectivity index (χ1n) is 3.33. The molecule has 0 bridgehead atoms. The third-order valence-corrected chi connectivity index (χ3v) is 1.62. The van der Waals surface area contributed by atoms with E-state index in [1.54, 1.807) is 0 Å². The van der Waals surface area contributed by atoms with Crippen molar-refractivity contribution < 1.29 is 3.07 Å². The van der Waals surface area contributed by atoms with Crippen molar-refractivity contribution in [3.63, 3.8) is 0 Å². The number of hydrogen-bond donors (Lipinski definition) is 0. The molecule has 0 heterocycles. The zero-order chi connectivity index (χ0) is 7.98. The quantitative estimate of drug-likeness (QED) is 0.423. The molecule has 0 aliphatic rings. The van der Waals surface area contributed by atoms with Gasteiger partial charge in [0.15, 0.2) is 23.0 Å². The molecule has 0 aliphatic carbocycles. The average Bonchev–Trinajstić information content (AvgIpc) is 1.90. The molecule has 0 N–H and O–H groups in total. The Labute approximate surface area is 76.8 Å². The lowest BCUT2D eigenvalue weighted by molar-refractivity contribution is 0.536. The van der Waals surface area contributed by atoms with E-state index >= 15 is 0 Å². The van der Waals surface area contributed by atoms with Gasteiger partial charge < -0.3 is 3.07 Å². The summed E-state index contributed by atoms with van der Waals surface area (Å²) in [5.41, 5.74) is 1.29. The summed E-state index contributed by atoms with van der Waals surface area (Å²) in [4.78, 5) is 0. The summed E-state index contributed by atoms with van der Waals surface area (Å²) in [6.07, 6.45) is 5.01. The van der Waals surface area contributed by atoms with E-state index in [0.29, 0.717) is 0 Å². The van der Waals surface area contributed by atoms with E-state index in [-0.39, 0.29) is 0 Å². The van der Waals surface area contributed by atoms with Crippen LogP contribution in [-0.2, 0) is 3.07 Å². The third-order valence-electron chi connectivity index (χ3n) is 1.05. The van der Waals surface area contributed by atoms with E-state index in [0.717, 1.165) is 12.2 Å². The van der Waals surface area contributed by atoms with Crippen molar-refractivity contribution >= 4 is 23.0 Å². The topological polar surface area (TPSA) is 9.23 Å². The van der Waals surface area contributed by atoms with Gasteiger partial charge in [-0.1, -0.05) is 18.6 Å². The Bertz CT molecular complexity index is 137. The smallest absolute Gasteiger partial charge is 0.192 e. The van der Waals surface area contributed by atoms with Gasteiger partial charge in [0, 0.05) is 6.42 Å². The Morgan fingerprint density at radius 3 is 2.30 bits per heavy atom. The molecule has 1 nitrogen and oxygen atoms in total. The van der Waals surface area contributed by atoms with E-state index in [4.69, 9.17) is 3.07 Å². The van der Waals surface area contributed by atoms with Gasteiger partial charge in [-0.05, 0) is 19.9 Å². The van der Waals surface area contributed by atoms with E-state index in [1.165, 1.54) is 5.57 Å². The lowest BCUT2D eigenvalue weighted by atomic mass is 10.3. The highest BCUT2D eigenvalue weighted by Gasteiger charge is 1.87. The van der Waals surface area contributed by atoms with Gasteiger partial charge in [-0.15, -0.1) is 0 Å². The molecule has 10 heavy (non-hydrogen) atoms. The number of allylic oxidation sites excluding steroid dienone is 4. The highest BCUT2D eigenvalue weighted by atomic mass is 127. The van der Waals surface area contributed by atoms with Crippen LogP contribution in [0.25, 0.3) is 0 Å². The first kappa shape index (κ1) is 10.0. The maximum atomic E-state index is 5.04. The molecular weight excluding hydrogens is 239 g/mol. The van der Waals surface area contributed by atoms with Crippen LogP contribution in [0.2, 0.25) is 0 Å². The number of rotatable bonds is 3. The lowest BCUT2D eigenvalue weighted by Crippen LogP contribution is -1.76. The zero-order valence-electron chi connectivity index (χ0n) is 6.65. The van der Waals surface area contributed by atoms with Crippen molar-refractivity contribution in [2.45, 2.75) is 27.2 Å². The van der Waals surface area contributed by atoms with Crippen LogP contribution in [0, 0.1) is 0 Å². The van der Waals surface area contributed by atoms with Crippen LogP contribution in [0.15, 0.2) is 23.5 Å². The highest BCUT2D eigenvalue weighted by Crippen LogP contribution is 2.07. The normalized spacial score (nSPS) is 11.0. The summed E-state index contributed by atoms with van der Waals surface area (Å²) < 4.78 is 5.04. The minimum absolute atomic E-state index is 0.951. The molecule has 0 fully saturated rings. The molecule has 0 radical (unpaired) electrons. The van der Waals surface area contributed by atoms with Crippen molar-refractivity contribution in [1.29, 1.82) is 0 Å². The first-order chi connectivity index (χ1) is 4.70. The fourth-order valence-electron chi connectivity index (χ4n) is 0.458. The molecule has 0 rings (SSSR count). The molecule has 0 saturated carbocycles. The van der Waals surface area contributed by atoms with E-state index in [2.05, 4.69) is 26.8 Å². The molecule has 0 aliphatic heterocycles. The van der Waals surface area contributed by atoms with E-state index < -0.39 is 0 Å². The van der Waals surface area contributed by atoms with Crippen LogP contribution in [0.3, 0.4) is 0 Å². The summed E-state index contributed by atoms with van der Waals surface area (Å²) in [6, 6.07) is 0.